The molecule has 0 saturated heterocycles. The number of aromatic hydroxyl groups is 1. The highest BCUT2D eigenvalue weighted by Gasteiger charge is 2.37. The quantitative estimate of drug-likeness (QED) is 0.223. The predicted octanol–water partition coefficient (Wildman–Crippen LogP) is 6.74. The maximum Gasteiger partial charge on any atom is 0.408 e. The van der Waals surface area contributed by atoms with Gasteiger partial charge < -0.3 is 25.4 Å². The molecule has 43 heavy (non-hydrogen) atoms. The van der Waals surface area contributed by atoms with E-state index in [-0.39, 0.29) is 30.0 Å². The Hall–Kier alpha value is -3.55. The minimum Gasteiger partial charge on any atom is -0.508 e. The summed E-state index contributed by atoms with van der Waals surface area (Å²) in [6.45, 7) is 9.59. The van der Waals surface area contributed by atoms with Gasteiger partial charge in [-0.25, -0.2) is 4.79 Å². The van der Waals surface area contributed by atoms with Crippen molar-refractivity contribution in [3.63, 3.8) is 0 Å². The zero-order valence-corrected chi connectivity index (χ0v) is 26.7. The minimum atomic E-state index is -0.952. The van der Waals surface area contributed by atoms with Crippen LogP contribution in [0.2, 0.25) is 0 Å². The van der Waals surface area contributed by atoms with Crippen LogP contribution in [0.25, 0.3) is 0 Å². The number of phenols is 1. The number of aryl methyl sites for hydroxylation is 1. The third-order valence-electron chi connectivity index (χ3n) is 7.86. The van der Waals surface area contributed by atoms with E-state index in [0.29, 0.717) is 24.1 Å². The van der Waals surface area contributed by atoms with Gasteiger partial charge in [-0.05, 0) is 75.8 Å². The van der Waals surface area contributed by atoms with Crippen LogP contribution in [-0.2, 0) is 20.7 Å². The molecule has 8 nitrogen and oxygen atoms in total. The molecule has 0 radical (unpaired) electrons. The predicted molar refractivity (Wildman–Crippen MR) is 170 cm³/mol. The average Bonchev–Trinajstić information content (AvgIpc) is 2.95. The Labute approximate surface area is 257 Å². The summed E-state index contributed by atoms with van der Waals surface area (Å²) in [5.41, 5.74) is 1.39. The van der Waals surface area contributed by atoms with Crippen LogP contribution in [0, 0.1) is 6.92 Å². The van der Waals surface area contributed by atoms with E-state index in [1.54, 1.807) is 50.8 Å². The fourth-order valence-electron chi connectivity index (χ4n) is 5.62. The Morgan fingerprint density at radius 3 is 2.33 bits per heavy atom. The third kappa shape index (κ3) is 10.9. The summed E-state index contributed by atoms with van der Waals surface area (Å²) in [5, 5.41) is 16.3. The lowest BCUT2D eigenvalue weighted by Gasteiger charge is -2.36. The van der Waals surface area contributed by atoms with Crippen molar-refractivity contribution < 1.29 is 24.2 Å². The van der Waals surface area contributed by atoms with Crippen molar-refractivity contribution in [1.82, 2.24) is 15.5 Å². The van der Waals surface area contributed by atoms with E-state index in [4.69, 9.17) is 4.74 Å². The summed E-state index contributed by atoms with van der Waals surface area (Å²) in [7, 11) is 0. The number of phenolic OH excluding ortho intramolecular Hbond substituents is 1. The van der Waals surface area contributed by atoms with Crippen molar-refractivity contribution in [3.05, 3.63) is 65.2 Å². The molecule has 3 N–H and O–H groups in total. The van der Waals surface area contributed by atoms with E-state index in [0.717, 1.165) is 56.9 Å². The molecule has 1 saturated carbocycles. The van der Waals surface area contributed by atoms with Gasteiger partial charge in [0.1, 0.15) is 23.4 Å². The zero-order chi connectivity index (χ0) is 31.4. The first kappa shape index (κ1) is 33.9. The number of carbonyl (C=O) groups excluding carboxylic acids is 3. The summed E-state index contributed by atoms with van der Waals surface area (Å²) < 4.78 is 5.54. The number of alkyl carbamates (subject to hydrolysis) is 1. The Kier molecular flexibility index (Phi) is 12.9. The lowest BCUT2D eigenvalue weighted by atomic mass is 9.94. The molecule has 2 aromatic rings. The molecule has 2 unspecified atom stereocenters. The van der Waals surface area contributed by atoms with Gasteiger partial charge in [0.15, 0.2) is 0 Å². The van der Waals surface area contributed by atoms with Gasteiger partial charge in [-0.1, -0.05) is 81.8 Å². The molecular weight excluding hydrogens is 542 g/mol. The second kappa shape index (κ2) is 16.3. The fourth-order valence-corrected chi connectivity index (χ4v) is 5.62. The van der Waals surface area contributed by atoms with Crippen LogP contribution in [0.5, 0.6) is 5.75 Å². The number of ether oxygens (including phenoxy) is 1. The first-order valence-electron chi connectivity index (χ1n) is 15.9. The van der Waals surface area contributed by atoms with E-state index < -0.39 is 23.8 Å². The second-order valence-electron chi connectivity index (χ2n) is 12.8. The van der Waals surface area contributed by atoms with Crippen molar-refractivity contribution in [2.75, 3.05) is 6.54 Å². The second-order valence-corrected chi connectivity index (χ2v) is 12.8. The zero-order valence-electron chi connectivity index (χ0n) is 26.7. The number of nitrogens with one attached hydrogen (secondary N) is 2. The molecule has 8 heteroatoms. The highest BCUT2D eigenvalue weighted by atomic mass is 16.6. The third-order valence-corrected chi connectivity index (χ3v) is 7.86. The number of carbonyl (C=O) groups is 3. The largest absolute Gasteiger partial charge is 0.508 e. The Morgan fingerprint density at radius 2 is 1.70 bits per heavy atom. The fraction of sp³-hybridized carbons (Fsp3) is 0.571. The van der Waals surface area contributed by atoms with Crippen molar-refractivity contribution in [1.29, 1.82) is 0 Å². The van der Waals surface area contributed by atoms with Gasteiger partial charge in [0.25, 0.3) is 0 Å². The molecule has 0 aliphatic heterocycles. The molecule has 2 aromatic carbocycles. The molecule has 0 aromatic heterocycles. The summed E-state index contributed by atoms with van der Waals surface area (Å²) in [4.78, 5) is 43.4. The summed E-state index contributed by atoms with van der Waals surface area (Å²) in [5.74, 6) is -0.457. The van der Waals surface area contributed by atoms with Crippen LogP contribution in [0.4, 0.5) is 4.79 Å². The van der Waals surface area contributed by atoms with Crippen LogP contribution in [0.15, 0.2) is 48.5 Å². The van der Waals surface area contributed by atoms with Crippen molar-refractivity contribution >= 4 is 17.9 Å². The Morgan fingerprint density at radius 1 is 1.00 bits per heavy atom. The highest BCUT2D eigenvalue weighted by molar-refractivity contribution is 5.92. The molecular formula is C35H51N3O5. The number of hydrogen-bond donors (Lipinski definition) is 3. The number of hydrogen-bond acceptors (Lipinski definition) is 5. The molecule has 1 aliphatic carbocycles. The van der Waals surface area contributed by atoms with Crippen LogP contribution < -0.4 is 10.6 Å². The molecule has 236 valence electrons. The highest BCUT2D eigenvalue weighted by Crippen LogP contribution is 2.29. The summed E-state index contributed by atoms with van der Waals surface area (Å²) in [6, 6.07) is 12.8. The molecule has 1 aliphatic rings. The van der Waals surface area contributed by atoms with Gasteiger partial charge in [0.2, 0.25) is 11.8 Å². The van der Waals surface area contributed by atoms with Crippen LogP contribution >= 0.6 is 0 Å². The monoisotopic (exact) mass is 593 g/mol. The molecule has 2 atom stereocenters. The number of rotatable bonds is 13. The van der Waals surface area contributed by atoms with Gasteiger partial charge in [-0.15, -0.1) is 0 Å². The first-order valence-corrected chi connectivity index (χ1v) is 15.9. The van der Waals surface area contributed by atoms with E-state index in [2.05, 4.69) is 17.6 Å². The Bertz CT molecular complexity index is 1190. The molecule has 1 fully saturated rings. The smallest absolute Gasteiger partial charge is 0.408 e. The van der Waals surface area contributed by atoms with Crippen LogP contribution in [0.1, 0.15) is 108 Å². The van der Waals surface area contributed by atoms with Gasteiger partial charge in [0.05, 0.1) is 0 Å². The minimum absolute atomic E-state index is 0.0546. The topological polar surface area (TPSA) is 108 Å². The van der Waals surface area contributed by atoms with Gasteiger partial charge in [-0.2, -0.15) is 0 Å². The normalized spacial score (nSPS) is 15.3. The maximum absolute atomic E-state index is 14.6. The van der Waals surface area contributed by atoms with E-state index in [1.165, 1.54) is 0 Å². The van der Waals surface area contributed by atoms with Crippen molar-refractivity contribution in [2.24, 2.45) is 0 Å². The molecule has 3 amide bonds. The van der Waals surface area contributed by atoms with E-state index >= 15 is 0 Å². The van der Waals surface area contributed by atoms with Gasteiger partial charge in [0, 0.05) is 19.0 Å². The first-order chi connectivity index (χ1) is 20.5. The summed E-state index contributed by atoms with van der Waals surface area (Å²) in [6.07, 6.45) is 8.35. The van der Waals surface area contributed by atoms with Gasteiger partial charge >= 0.3 is 6.09 Å². The maximum atomic E-state index is 14.6. The molecule has 0 heterocycles. The lowest BCUT2D eigenvalue weighted by molar-refractivity contribution is -0.143. The number of amides is 3. The lowest BCUT2D eigenvalue weighted by Crippen LogP contribution is -2.54. The number of benzene rings is 2. The molecule has 0 spiro atoms. The number of nitrogens with zero attached hydrogens (tertiary/aromatic N) is 1. The van der Waals surface area contributed by atoms with Crippen molar-refractivity contribution in [3.8, 4) is 5.75 Å². The van der Waals surface area contributed by atoms with E-state index in [9.17, 15) is 19.5 Å². The van der Waals surface area contributed by atoms with Crippen molar-refractivity contribution in [2.45, 2.75) is 123 Å². The number of unbranched alkanes of at least 4 members (excludes halogenated alkanes) is 3. The SMILES string of the molecule is CCCCCCN(C(=O)C(Cc1ccccc1)NC(=O)OC(C)(C)C)C(C(=O)NC1CCCCC1)c1ccc(O)c(C)c1. The van der Waals surface area contributed by atoms with Crippen LogP contribution in [-0.4, -0.2) is 52.1 Å². The van der Waals surface area contributed by atoms with E-state index in [1.807, 2.05) is 30.3 Å². The molecule has 0 bridgehead atoms. The van der Waals surface area contributed by atoms with Crippen LogP contribution in [0.3, 0.4) is 0 Å². The average molecular weight is 594 g/mol. The summed E-state index contributed by atoms with van der Waals surface area (Å²) >= 11 is 0. The standard InChI is InChI=1S/C35H51N3O5/c1-6-7-8-15-22-38(33(41)29(24-26-16-11-9-12-17-26)37-34(42)43-35(3,4)5)31(27-20-21-30(39)25(2)23-27)32(40)36-28-18-13-10-14-19-28/h9,11-12,16-17,20-21,23,28-29,31,39H,6-8,10,13-15,18-19,22,24H2,1-5H3,(H,36,40)(H,37,42). The van der Waals surface area contributed by atoms with Gasteiger partial charge in [-0.3, -0.25) is 9.59 Å². The Balaban J connectivity index is 2.03. The molecule has 3 rings (SSSR count).